The van der Waals surface area contributed by atoms with Crippen LogP contribution >= 0.6 is 0 Å². The van der Waals surface area contributed by atoms with Crippen molar-refractivity contribution in [2.24, 2.45) is 4.78 Å². The van der Waals surface area contributed by atoms with Gasteiger partial charge in [-0.25, -0.2) is 0 Å². The third kappa shape index (κ3) is 3.70. The molecule has 0 aromatic rings. The van der Waals surface area contributed by atoms with Gasteiger partial charge in [0.2, 0.25) is 9.92 Å². The van der Waals surface area contributed by atoms with Crippen LogP contribution in [-0.4, -0.2) is 20.4 Å². The van der Waals surface area contributed by atoms with Gasteiger partial charge in [0.15, 0.2) is 0 Å². The molecule has 0 amide bonds. The van der Waals surface area contributed by atoms with Gasteiger partial charge in [-0.15, -0.1) is 0 Å². The van der Waals surface area contributed by atoms with E-state index in [0.717, 1.165) is 0 Å². The minimum Gasteiger partial charge on any atom is -0.464 e. The molecule has 0 N–H and O–H groups in total. The Kier molecular flexibility index (Phi) is 4.47. The van der Waals surface area contributed by atoms with Crippen LogP contribution in [0.25, 0.3) is 10.4 Å². The van der Waals surface area contributed by atoms with E-state index in [9.17, 15) is 0 Å². The Morgan fingerprint density at radius 3 is 2.83 bits per heavy atom. The fourth-order valence-corrected chi connectivity index (χ4v) is 0.597. The van der Waals surface area contributed by atoms with Gasteiger partial charge in [-0.3, -0.25) is 0 Å². The lowest BCUT2D eigenvalue weighted by atomic mass is 13.0. The monoisotopic (exact) mass is 119 g/mol. The Morgan fingerprint density at radius 2 is 2.67 bits per heavy atom. The third-order valence-corrected chi connectivity index (χ3v) is 1.52. The minimum atomic E-state index is -0.808. The second-order valence-corrected chi connectivity index (χ2v) is 3.50. The zero-order valence-electron chi connectivity index (χ0n) is 3.46. The Balaban J connectivity index is 2.86. The van der Waals surface area contributed by atoms with E-state index in [2.05, 4.69) is 13.8 Å². The predicted octanol–water partition coefficient (Wildman–Crippen LogP) is -1.41. The SMILES string of the molecule is [N-]=[N+]=N[SiH2]O[SiH3]. The fraction of sp³-hybridized carbons (Fsp3) is 0. The van der Waals surface area contributed by atoms with Crippen LogP contribution in [0.2, 0.25) is 0 Å². The van der Waals surface area contributed by atoms with Gasteiger partial charge in [0.1, 0.15) is 10.5 Å². The first-order chi connectivity index (χ1) is 2.91. The van der Waals surface area contributed by atoms with Crippen molar-refractivity contribution in [1.29, 1.82) is 0 Å². The summed E-state index contributed by atoms with van der Waals surface area (Å²) < 4.78 is 7.86. The maximum absolute atomic E-state index is 7.63. The first-order valence-corrected chi connectivity index (χ1v) is 3.44. The van der Waals surface area contributed by atoms with Crippen molar-refractivity contribution >= 4 is 20.4 Å². The average molecular weight is 119 g/mol. The van der Waals surface area contributed by atoms with Crippen LogP contribution in [-0.2, 0) is 4.12 Å². The molecule has 0 radical (unpaired) electrons. The maximum atomic E-state index is 7.63. The lowest BCUT2D eigenvalue weighted by molar-refractivity contribution is 0.664. The first kappa shape index (κ1) is 5.70. The highest BCUT2D eigenvalue weighted by Gasteiger charge is 1.65. The van der Waals surface area contributed by atoms with Crippen molar-refractivity contribution in [3.8, 4) is 0 Å². The van der Waals surface area contributed by atoms with E-state index in [1.807, 2.05) is 0 Å². The van der Waals surface area contributed by atoms with Crippen molar-refractivity contribution in [2.75, 3.05) is 0 Å². The van der Waals surface area contributed by atoms with E-state index < -0.39 is 9.92 Å². The maximum Gasteiger partial charge on any atom is 0.245 e. The molecule has 0 rings (SSSR count). The molecule has 6 heavy (non-hydrogen) atoms. The molecule has 6 heteroatoms. The second-order valence-electron chi connectivity index (χ2n) is 0.649. The molecule has 0 atom stereocenters. The highest BCUT2D eigenvalue weighted by Crippen LogP contribution is 1.61. The van der Waals surface area contributed by atoms with E-state index in [1.165, 1.54) is 0 Å². The summed E-state index contributed by atoms with van der Waals surface area (Å²) in [5.74, 6) is 0. The van der Waals surface area contributed by atoms with Crippen molar-refractivity contribution in [2.45, 2.75) is 0 Å². The predicted molar refractivity (Wildman–Crippen MR) is 28.7 cm³/mol. The molecule has 4 nitrogen and oxygen atoms in total. The highest BCUT2D eigenvalue weighted by atomic mass is 28.3. The second kappa shape index (κ2) is 4.70. The summed E-state index contributed by atoms with van der Waals surface area (Å²) in [4.78, 5) is 2.51. The Bertz CT molecular complexity index is 65.2. The number of hydrogen-bond donors (Lipinski definition) is 0. The summed E-state index contributed by atoms with van der Waals surface area (Å²) in [5, 5.41) is 0. The van der Waals surface area contributed by atoms with Crippen molar-refractivity contribution in [3.63, 3.8) is 0 Å². The van der Waals surface area contributed by atoms with Crippen LogP contribution in [0.15, 0.2) is 4.78 Å². The summed E-state index contributed by atoms with van der Waals surface area (Å²) in [6.07, 6.45) is 0. The van der Waals surface area contributed by atoms with Crippen LogP contribution in [0.4, 0.5) is 0 Å². The van der Waals surface area contributed by atoms with E-state index in [-0.39, 0.29) is 0 Å². The van der Waals surface area contributed by atoms with Crippen molar-refractivity contribution in [3.05, 3.63) is 10.4 Å². The van der Waals surface area contributed by atoms with E-state index in [4.69, 9.17) is 5.53 Å². The molecule has 0 aromatic heterocycles. The molecule has 0 heterocycles. The largest absolute Gasteiger partial charge is 0.464 e. The summed E-state index contributed by atoms with van der Waals surface area (Å²) in [6, 6.07) is 0. The normalized spacial score (nSPS) is 9.33. The zero-order valence-corrected chi connectivity index (χ0v) is 6.87. The summed E-state index contributed by atoms with van der Waals surface area (Å²) in [6.45, 7) is 0. The summed E-state index contributed by atoms with van der Waals surface area (Å²) >= 11 is 0. The number of nitrogens with zero attached hydrogens (tertiary/aromatic N) is 3. The first-order valence-electron chi connectivity index (χ1n) is 1.41. The lowest BCUT2D eigenvalue weighted by Crippen LogP contribution is -1.85. The van der Waals surface area contributed by atoms with Crippen LogP contribution in [0.1, 0.15) is 0 Å². The van der Waals surface area contributed by atoms with E-state index in [1.54, 1.807) is 0 Å². The molecular formula is H5N3OSi2. The molecule has 0 bridgehead atoms. The molecule has 0 saturated carbocycles. The molecular weight excluding hydrogens is 114 g/mol. The smallest absolute Gasteiger partial charge is 0.245 e. The zero-order chi connectivity index (χ0) is 4.83. The molecule has 34 valence electrons. The Labute approximate surface area is 40.7 Å². The summed E-state index contributed by atoms with van der Waals surface area (Å²) in [7, 11) is -0.108. The van der Waals surface area contributed by atoms with Gasteiger partial charge in [0, 0.05) is 0 Å². The van der Waals surface area contributed by atoms with Gasteiger partial charge in [0.05, 0.1) is 0 Å². The average Bonchev–Trinajstić information content (AvgIpc) is 1.61. The van der Waals surface area contributed by atoms with Gasteiger partial charge >= 0.3 is 0 Å². The van der Waals surface area contributed by atoms with E-state index >= 15 is 0 Å². The van der Waals surface area contributed by atoms with Gasteiger partial charge in [0.25, 0.3) is 0 Å². The highest BCUT2D eigenvalue weighted by molar-refractivity contribution is 6.32. The molecule has 0 saturated heterocycles. The van der Waals surface area contributed by atoms with Crippen molar-refractivity contribution < 1.29 is 4.12 Å². The summed E-state index contributed by atoms with van der Waals surface area (Å²) in [5.41, 5.74) is 7.63. The van der Waals surface area contributed by atoms with Gasteiger partial charge < -0.3 is 4.12 Å². The molecule has 0 aliphatic carbocycles. The van der Waals surface area contributed by atoms with Gasteiger partial charge in [-0.2, -0.15) is 0 Å². The third-order valence-electron chi connectivity index (χ3n) is 0.250. The molecule has 0 aliphatic rings. The topological polar surface area (TPSA) is 58.0 Å². The van der Waals surface area contributed by atoms with Crippen LogP contribution in [0.3, 0.4) is 0 Å². The minimum absolute atomic E-state index is 0.700. The Morgan fingerprint density at radius 1 is 2.00 bits per heavy atom. The number of rotatable bonds is 2. The van der Waals surface area contributed by atoms with Crippen LogP contribution in [0.5, 0.6) is 0 Å². The molecule has 0 spiro atoms. The number of azide groups is 1. The standard InChI is InChI=1S/H5N3OSi2/c1-2-3-6-4-5/h6H2,5H3. The number of hydrogen-bond acceptors (Lipinski definition) is 2. The molecule has 0 unspecified atom stereocenters. The van der Waals surface area contributed by atoms with E-state index in [0.29, 0.717) is 10.5 Å². The Hall–Kier alpha value is -0.296. The molecule has 0 aliphatic heterocycles. The quantitative estimate of drug-likeness (QED) is 0.191. The van der Waals surface area contributed by atoms with Gasteiger partial charge in [-0.1, -0.05) is 4.78 Å². The van der Waals surface area contributed by atoms with Crippen LogP contribution < -0.4 is 0 Å². The fourth-order valence-electron chi connectivity index (χ4n) is 0.0836. The molecule has 0 aromatic carbocycles. The molecule has 0 fully saturated rings. The van der Waals surface area contributed by atoms with Crippen LogP contribution in [0, 0.1) is 0 Å². The van der Waals surface area contributed by atoms with Gasteiger partial charge in [-0.05, 0) is 10.4 Å². The lowest BCUT2D eigenvalue weighted by Gasteiger charge is -1.77. The van der Waals surface area contributed by atoms with Crippen molar-refractivity contribution in [1.82, 2.24) is 0 Å².